The van der Waals surface area contributed by atoms with E-state index in [1.165, 1.54) is 0 Å². The van der Waals surface area contributed by atoms with Gasteiger partial charge in [-0.3, -0.25) is 14.5 Å². The first kappa shape index (κ1) is 21.4. The van der Waals surface area contributed by atoms with Crippen molar-refractivity contribution in [2.75, 3.05) is 13.7 Å². The number of ether oxygens (including phenoxy) is 1. The third kappa shape index (κ3) is 3.77. The average molecular weight is 431 g/mol. The van der Waals surface area contributed by atoms with Crippen molar-refractivity contribution < 1.29 is 19.1 Å². The van der Waals surface area contributed by atoms with Crippen molar-refractivity contribution in [3.05, 3.63) is 77.9 Å². The molecule has 2 N–H and O–H groups in total. The summed E-state index contributed by atoms with van der Waals surface area (Å²) in [5.74, 6) is -0.235. The lowest BCUT2D eigenvalue weighted by molar-refractivity contribution is -0.135. The van der Waals surface area contributed by atoms with Gasteiger partial charge < -0.3 is 15.4 Å². The molecular formula is C25H25N3O4. The van der Waals surface area contributed by atoms with E-state index in [0.717, 1.165) is 21.2 Å². The van der Waals surface area contributed by atoms with Gasteiger partial charge in [0, 0.05) is 0 Å². The number of hydrogen-bond acceptors (Lipinski definition) is 4. The lowest BCUT2D eigenvalue weighted by Crippen LogP contribution is -2.43. The molecule has 0 aliphatic carbocycles. The highest BCUT2D eigenvalue weighted by Crippen LogP contribution is 2.30. The molecule has 0 spiro atoms. The van der Waals surface area contributed by atoms with Crippen molar-refractivity contribution in [1.82, 2.24) is 15.5 Å². The second-order valence-electron chi connectivity index (χ2n) is 8.03. The van der Waals surface area contributed by atoms with E-state index in [0.29, 0.717) is 11.3 Å². The number of urea groups is 1. The van der Waals surface area contributed by atoms with E-state index in [1.54, 1.807) is 38.3 Å². The molecule has 7 nitrogen and oxygen atoms in total. The van der Waals surface area contributed by atoms with Gasteiger partial charge in [-0.1, -0.05) is 54.6 Å². The van der Waals surface area contributed by atoms with Crippen LogP contribution >= 0.6 is 0 Å². The quantitative estimate of drug-likeness (QED) is 0.585. The van der Waals surface area contributed by atoms with Gasteiger partial charge in [-0.05, 0) is 47.9 Å². The number of nitrogens with one attached hydrogen (secondary N) is 2. The number of benzene rings is 3. The Hall–Kier alpha value is -3.87. The standard InChI is InChI=1S/C25H25N3O4/c1-16(20-10-6-8-17-7-4-5-9-21(17)20)26-22(29)15-28-23(30)25(2,27-24(28)31)18-11-13-19(32-3)14-12-18/h4-14,16H,15H2,1-3H3,(H,26,29)(H,27,31). The molecule has 2 unspecified atom stereocenters. The number of carbonyl (C=O) groups excluding carboxylic acids is 3. The van der Waals surface area contributed by atoms with E-state index in [2.05, 4.69) is 10.6 Å². The highest BCUT2D eigenvalue weighted by atomic mass is 16.5. The molecule has 0 saturated carbocycles. The fourth-order valence-corrected chi connectivity index (χ4v) is 4.10. The van der Waals surface area contributed by atoms with Crippen LogP contribution < -0.4 is 15.4 Å². The Kier molecular flexibility index (Phi) is 5.57. The molecule has 164 valence electrons. The minimum Gasteiger partial charge on any atom is -0.497 e. The number of rotatable bonds is 6. The summed E-state index contributed by atoms with van der Waals surface area (Å²) in [6, 6.07) is 19.9. The van der Waals surface area contributed by atoms with Gasteiger partial charge >= 0.3 is 6.03 Å². The van der Waals surface area contributed by atoms with Crippen LogP contribution in [0.3, 0.4) is 0 Å². The second-order valence-corrected chi connectivity index (χ2v) is 8.03. The molecule has 4 amide bonds. The monoisotopic (exact) mass is 431 g/mol. The number of carbonyl (C=O) groups is 3. The summed E-state index contributed by atoms with van der Waals surface area (Å²) in [7, 11) is 1.55. The van der Waals surface area contributed by atoms with Crippen LogP contribution in [0.25, 0.3) is 10.8 Å². The maximum Gasteiger partial charge on any atom is 0.325 e. The molecule has 1 heterocycles. The lowest BCUT2D eigenvalue weighted by Gasteiger charge is -2.23. The molecule has 1 aliphatic heterocycles. The normalized spacial score (nSPS) is 19.0. The summed E-state index contributed by atoms with van der Waals surface area (Å²) in [4.78, 5) is 39.3. The van der Waals surface area contributed by atoms with Crippen LogP contribution in [0, 0.1) is 0 Å². The van der Waals surface area contributed by atoms with Crippen LogP contribution in [0.2, 0.25) is 0 Å². The fraction of sp³-hybridized carbons (Fsp3) is 0.240. The van der Waals surface area contributed by atoms with Gasteiger partial charge in [0.15, 0.2) is 0 Å². The van der Waals surface area contributed by atoms with Crippen LogP contribution in [-0.4, -0.2) is 36.4 Å². The topological polar surface area (TPSA) is 87.7 Å². The second kappa shape index (κ2) is 8.34. The number of hydrogen-bond donors (Lipinski definition) is 2. The SMILES string of the molecule is COc1ccc(C2(C)NC(=O)N(CC(=O)NC(C)c3cccc4ccccc34)C2=O)cc1. The zero-order valence-electron chi connectivity index (χ0n) is 18.2. The maximum atomic E-state index is 13.1. The largest absolute Gasteiger partial charge is 0.497 e. The van der Waals surface area contributed by atoms with Crippen LogP contribution in [0.4, 0.5) is 4.79 Å². The van der Waals surface area contributed by atoms with Crippen LogP contribution in [-0.2, 0) is 15.1 Å². The summed E-state index contributed by atoms with van der Waals surface area (Å²) >= 11 is 0. The molecule has 0 radical (unpaired) electrons. The van der Waals surface area contributed by atoms with Crippen molar-refractivity contribution in [3.63, 3.8) is 0 Å². The lowest BCUT2D eigenvalue weighted by atomic mass is 9.92. The number of amides is 4. The number of imide groups is 1. The third-order valence-electron chi connectivity index (χ3n) is 5.91. The van der Waals surface area contributed by atoms with E-state index < -0.39 is 23.4 Å². The predicted molar refractivity (Wildman–Crippen MR) is 121 cm³/mol. The first-order valence-electron chi connectivity index (χ1n) is 10.4. The van der Waals surface area contributed by atoms with Crippen LogP contribution in [0.1, 0.15) is 31.0 Å². The van der Waals surface area contributed by atoms with Gasteiger partial charge in [0.1, 0.15) is 17.8 Å². The molecule has 0 aromatic heterocycles. The number of nitrogens with zero attached hydrogens (tertiary/aromatic N) is 1. The molecule has 0 bridgehead atoms. The third-order valence-corrected chi connectivity index (χ3v) is 5.91. The molecule has 1 aliphatic rings. The Morgan fingerprint density at radius 1 is 1.06 bits per heavy atom. The van der Waals surface area contributed by atoms with Crippen LogP contribution in [0.15, 0.2) is 66.7 Å². The van der Waals surface area contributed by atoms with E-state index in [9.17, 15) is 14.4 Å². The van der Waals surface area contributed by atoms with Gasteiger partial charge in [0.05, 0.1) is 13.2 Å². The van der Waals surface area contributed by atoms with Gasteiger partial charge in [-0.25, -0.2) is 4.79 Å². The molecule has 3 aromatic rings. The van der Waals surface area contributed by atoms with Gasteiger partial charge in [0.25, 0.3) is 5.91 Å². The van der Waals surface area contributed by atoms with Crippen molar-refractivity contribution in [2.45, 2.75) is 25.4 Å². The summed E-state index contributed by atoms with van der Waals surface area (Å²) in [5.41, 5.74) is 0.339. The zero-order valence-corrected chi connectivity index (χ0v) is 18.2. The van der Waals surface area contributed by atoms with Crippen molar-refractivity contribution in [2.24, 2.45) is 0 Å². The molecule has 3 aromatic carbocycles. The highest BCUT2D eigenvalue weighted by molar-refractivity contribution is 6.09. The summed E-state index contributed by atoms with van der Waals surface area (Å²) in [6.45, 7) is 3.16. The van der Waals surface area contributed by atoms with Crippen molar-refractivity contribution in [3.8, 4) is 5.75 Å². The number of fused-ring (bicyclic) bond motifs is 1. The Labute approximate surface area is 186 Å². The van der Waals surface area contributed by atoms with E-state index in [-0.39, 0.29) is 12.6 Å². The zero-order chi connectivity index (χ0) is 22.9. The average Bonchev–Trinajstić information content (AvgIpc) is 3.02. The summed E-state index contributed by atoms with van der Waals surface area (Å²) in [6.07, 6.45) is 0. The molecule has 2 atom stereocenters. The molecular weight excluding hydrogens is 406 g/mol. The maximum absolute atomic E-state index is 13.1. The Morgan fingerprint density at radius 2 is 1.75 bits per heavy atom. The van der Waals surface area contributed by atoms with Gasteiger partial charge in [-0.2, -0.15) is 0 Å². The smallest absolute Gasteiger partial charge is 0.325 e. The number of methoxy groups -OCH3 is 1. The van der Waals surface area contributed by atoms with Crippen molar-refractivity contribution in [1.29, 1.82) is 0 Å². The first-order valence-corrected chi connectivity index (χ1v) is 10.4. The minimum absolute atomic E-state index is 0.290. The predicted octanol–water partition coefficient (Wildman–Crippen LogP) is 3.49. The van der Waals surface area contributed by atoms with Gasteiger partial charge in [-0.15, -0.1) is 0 Å². The highest BCUT2D eigenvalue weighted by Gasteiger charge is 2.49. The summed E-state index contributed by atoms with van der Waals surface area (Å²) < 4.78 is 5.15. The molecule has 1 fully saturated rings. The molecule has 32 heavy (non-hydrogen) atoms. The first-order chi connectivity index (χ1) is 15.3. The van der Waals surface area contributed by atoms with Crippen molar-refractivity contribution >= 4 is 28.6 Å². The molecule has 7 heteroatoms. The molecule has 4 rings (SSSR count). The Balaban J connectivity index is 1.48. The minimum atomic E-state index is -1.25. The Morgan fingerprint density at radius 3 is 2.47 bits per heavy atom. The molecule has 1 saturated heterocycles. The Bertz CT molecular complexity index is 1190. The van der Waals surface area contributed by atoms with Gasteiger partial charge in [0.2, 0.25) is 5.91 Å². The van der Waals surface area contributed by atoms with E-state index in [1.807, 2.05) is 49.4 Å². The fourth-order valence-electron chi connectivity index (χ4n) is 4.10. The van der Waals surface area contributed by atoms with E-state index >= 15 is 0 Å². The summed E-state index contributed by atoms with van der Waals surface area (Å²) in [5, 5.41) is 7.75. The van der Waals surface area contributed by atoms with Crippen LogP contribution in [0.5, 0.6) is 5.75 Å². The van der Waals surface area contributed by atoms with E-state index in [4.69, 9.17) is 4.74 Å².